The van der Waals surface area contributed by atoms with Gasteiger partial charge in [0.2, 0.25) is 0 Å². The Labute approximate surface area is 208 Å². The molecule has 0 saturated carbocycles. The molecule has 1 N–H and O–H groups in total. The van der Waals surface area contributed by atoms with E-state index >= 15 is 0 Å². The van der Waals surface area contributed by atoms with Crippen molar-refractivity contribution >= 4 is 17.4 Å². The van der Waals surface area contributed by atoms with Crippen LogP contribution in [0.1, 0.15) is 22.7 Å². The fraction of sp³-hybridized carbons (Fsp3) is 0.214. The highest BCUT2D eigenvalue weighted by Gasteiger charge is 2.45. The van der Waals surface area contributed by atoms with E-state index in [4.69, 9.17) is 14.2 Å². The highest BCUT2D eigenvalue weighted by Crippen LogP contribution is 2.40. The Balaban J connectivity index is 1.74. The van der Waals surface area contributed by atoms with Crippen molar-refractivity contribution in [1.29, 1.82) is 0 Å². The van der Waals surface area contributed by atoms with Gasteiger partial charge < -0.3 is 24.2 Å². The van der Waals surface area contributed by atoms with Gasteiger partial charge in [-0.3, -0.25) is 9.59 Å². The highest BCUT2D eigenvalue weighted by molar-refractivity contribution is 6.46. The van der Waals surface area contributed by atoms with Gasteiger partial charge in [-0.25, -0.2) is 4.39 Å². The maximum atomic E-state index is 13.4. The number of ketones is 1. The fourth-order valence-corrected chi connectivity index (χ4v) is 4.29. The number of Topliss-reactive ketones (excluding diaryl/α,β-unsaturated/α-hetero) is 1. The first kappa shape index (κ1) is 24.8. The Morgan fingerprint density at radius 3 is 2.17 bits per heavy atom. The molecule has 1 amide bonds. The van der Waals surface area contributed by atoms with Crippen molar-refractivity contribution < 1.29 is 33.3 Å². The molecule has 1 aliphatic rings. The van der Waals surface area contributed by atoms with Gasteiger partial charge in [-0.1, -0.05) is 18.2 Å². The van der Waals surface area contributed by atoms with Crippen LogP contribution in [-0.4, -0.2) is 49.6 Å². The third-order valence-electron chi connectivity index (χ3n) is 6.18. The Morgan fingerprint density at radius 2 is 1.56 bits per heavy atom. The summed E-state index contributed by atoms with van der Waals surface area (Å²) in [6.45, 7) is 0.205. The number of likely N-dealkylation sites (tertiary alicyclic amines) is 1. The zero-order valence-corrected chi connectivity index (χ0v) is 20.2. The molecule has 1 atom stereocenters. The molecule has 0 bridgehead atoms. The number of aliphatic hydroxyl groups excluding tert-OH is 1. The molecule has 8 heteroatoms. The van der Waals surface area contributed by atoms with E-state index in [-0.39, 0.29) is 23.4 Å². The molecular formula is C28H26FNO6. The lowest BCUT2D eigenvalue weighted by Crippen LogP contribution is -2.31. The lowest BCUT2D eigenvalue weighted by molar-refractivity contribution is -0.139. The SMILES string of the molecule is COc1ccc(C2C(=C(O)c3ccc(F)cc3)C(=O)C(=O)N2CCc2ccc(OC)c(OC)c2)cc1. The third-order valence-corrected chi connectivity index (χ3v) is 6.18. The first-order valence-corrected chi connectivity index (χ1v) is 11.3. The predicted molar refractivity (Wildman–Crippen MR) is 132 cm³/mol. The molecule has 1 aliphatic heterocycles. The minimum Gasteiger partial charge on any atom is -0.507 e. The molecule has 1 heterocycles. The Kier molecular flexibility index (Phi) is 7.24. The first-order chi connectivity index (χ1) is 17.4. The maximum Gasteiger partial charge on any atom is 0.295 e. The van der Waals surface area contributed by atoms with Crippen molar-refractivity contribution in [2.24, 2.45) is 0 Å². The minimum atomic E-state index is -0.832. The Hall–Kier alpha value is -4.33. The van der Waals surface area contributed by atoms with E-state index in [0.29, 0.717) is 29.2 Å². The molecule has 4 rings (SSSR count). The second-order valence-corrected chi connectivity index (χ2v) is 8.21. The van der Waals surface area contributed by atoms with Crippen molar-refractivity contribution in [2.75, 3.05) is 27.9 Å². The van der Waals surface area contributed by atoms with Gasteiger partial charge in [0, 0.05) is 12.1 Å². The molecule has 3 aromatic carbocycles. The van der Waals surface area contributed by atoms with E-state index in [0.717, 1.165) is 5.56 Å². The number of carbonyl (C=O) groups is 2. The standard InChI is InChI=1S/C28H26FNO6/c1-34-21-11-7-18(8-12-21)25-24(26(31)19-5-9-20(29)10-6-19)27(32)28(33)30(25)15-14-17-4-13-22(35-2)23(16-17)36-3/h4-13,16,25,31H,14-15H2,1-3H3. The maximum absolute atomic E-state index is 13.4. The molecule has 3 aromatic rings. The third kappa shape index (κ3) is 4.75. The van der Waals surface area contributed by atoms with Crippen LogP contribution in [0.4, 0.5) is 4.39 Å². The first-order valence-electron chi connectivity index (χ1n) is 11.3. The number of aliphatic hydroxyl groups is 1. The lowest BCUT2D eigenvalue weighted by Gasteiger charge is -2.25. The number of benzene rings is 3. The predicted octanol–water partition coefficient (Wildman–Crippen LogP) is 4.52. The van der Waals surface area contributed by atoms with Crippen molar-refractivity contribution in [2.45, 2.75) is 12.5 Å². The van der Waals surface area contributed by atoms with Gasteiger partial charge in [-0.15, -0.1) is 0 Å². The van der Waals surface area contributed by atoms with Crippen LogP contribution in [0.3, 0.4) is 0 Å². The molecule has 186 valence electrons. The summed E-state index contributed by atoms with van der Waals surface area (Å²) in [5.74, 6) is -0.611. The van der Waals surface area contributed by atoms with Crippen molar-refractivity contribution in [3.05, 3.63) is 94.8 Å². The average Bonchev–Trinajstić information content (AvgIpc) is 3.16. The Morgan fingerprint density at radius 1 is 0.889 bits per heavy atom. The second kappa shape index (κ2) is 10.5. The monoisotopic (exact) mass is 491 g/mol. The van der Waals surface area contributed by atoms with Gasteiger partial charge in [0.05, 0.1) is 32.9 Å². The number of nitrogens with zero attached hydrogens (tertiary/aromatic N) is 1. The minimum absolute atomic E-state index is 0.0518. The van der Waals surface area contributed by atoms with E-state index in [1.807, 2.05) is 12.1 Å². The molecule has 7 nitrogen and oxygen atoms in total. The van der Waals surface area contributed by atoms with Gasteiger partial charge in [-0.2, -0.15) is 0 Å². The number of methoxy groups -OCH3 is 3. The summed E-state index contributed by atoms with van der Waals surface area (Å²) in [5, 5.41) is 11.1. The average molecular weight is 492 g/mol. The van der Waals surface area contributed by atoms with E-state index in [1.165, 1.54) is 29.2 Å². The summed E-state index contributed by atoms with van der Waals surface area (Å²) < 4.78 is 29.3. The normalized spacial score (nSPS) is 16.8. The summed E-state index contributed by atoms with van der Waals surface area (Å²) in [5.41, 5.74) is 1.70. The van der Waals surface area contributed by atoms with E-state index in [1.54, 1.807) is 51.7 Å². The highest BCUT2D eigenvalue weighted by atomic mass is 19.1. The van der Waals surface area contributed by atoms with Gasteiger partial charge in [0.25, 0.3) is 11.7 Å². The van der Waals surface area contributed by atoms with Crippen LogP contribution in [0.15, 0.2) is 72.3 Å². The summed E-state index contributed by atoms with van der Waals surface area (Å²) in [6, 6.07) is 16.7. The van der Waals surface area contributed by atoms with Crippen molar-refractivity contribution in [1.82, 2.24) is 4.90 Å². The van der Waals surface area contributed by atoms with Crippen molar-refractivity contribution in [3.63, 3.8) is 0 Å². The number of rotatable bonds is 8. The van der Waals surface area contributed by atoms with E-state index in [2.05, 4.69) is 0 Å². The zero-order valence-electron chi connectivity index (χ0n) is 20.2. The molecule has 0 aromatic heterocycles. The molecular weight excluding hydrogens is 465 g/mol. The number of ether oxygens (including phenoxy) is 3. The molecule has 1 unspecified atom stereocenters. The van der Waals surface area contributed by atoms with Crippen LogP contribution >= 0.6 is 0 Å². The number of hydrogen-bond acceptors (Lipinski definition) is 6. The lowest BCUT2D eigenvalue weighted by atomic mass is 9.95. The summed E-state index contributed by atoms with van der Waals surface area (Å²) in [7, 11) is 4.63. The smallest absolute Gasteiger partial charge is 0.295 e. The topological polar surface area (TPSA) is 85.3 Å². The molecule has 1 fully saturated rings. The van der Waals surface area contributed by atoms with E-state index < -0.39 is 23.5 Å². The van der Waals surface area contributed by atoms with Crippen molar-refractivity contribution in [3.8, 4) is 17.2 Å². The Bertz CT molecular complexity index is 1300. The van der Waals surface area contributed by atoms with Crippen LogP contribution in [0.2, 0.25) is 0 Å². The molecule has 1 saturated heterocycles. The van der Waals surface area contributed by atoms with Crippen LogP contribution in [-0.2, 0) is 16.0 Å². The summed E-state index contributed by atoms with van der Waals surface area (Å²) in [6.07, 6.45) is 0.427. The number of halogens is 1. The summed E-state index contributed by atoms with van der Waals surface area (Å²) >= 11 is 0. The second-order valence-electron chi connectivity index (χ2n) is 8.21. The largest absolute Gasteiger partial charge is 0.507 e. The molecule has 36 heavy (non-hydrogen) atoms. The van der Waals surface area contributed by atoms with Crippen LogP contribution in [0, 0.1) is 5.82 Å². The summed E-state index contributed by atoms with van der Waals surface area (Å²) in [4.78, 5) is 27.8. The number of amides is 1. The number of carbonyl (C=O) groups excluding carboxylic acids is 2. The zero-order chi connectivity index (χ0) is 25.8. The van der Waals surface area contributed by atoms with E-state index in [9.17, 15) is 19.1 Å². The fourth-order valence-electron chi connectivity index (χ4n) is 4.29. The quantitative estimate of drug-likeness (QED) is 0.283. The van der Waals surface area contributed by atoms with Crippen LogP contribution in [0.5, 0.6) is 17.2 Å². The number of hydrogen-bond donors (Lipinski definition) is 1. The van der Waals surface area contributed by atoms with Gasteiger partial charge in [-0.05, 0) is 66.1 Å². The molecule has 0 aliphatic carbocycles. The van der Waals surface area contributed by atoms with Crippen LogP contribution in [0.25, 0.3) is 5.76 Å². The van der Waals surface area contributed by atoms with Crippen LogP contribution < -0.4 is 14.2 Å². The van der Waals surface area contributed by atoms with Gasteiger partial charge >= 0.3 is 0 Å². The van der Waals surface area contributed by atoms with Gasteiger partial charge in [0.15, 0.2) is 11.5 Å². The van der Waals surface area contributed by atoms with Gasteiger partial charge in [0.1, 0.15) is 17.3 Å². The molecule has 0 radical (unpaired) electrons. The molecule has 0 spiro atoms.